The van der Waals surface area contributed by atoms with E-state index < -0.39 is 0 Å². The first-order valence-electron chi connectivity index (χ1n) is 18.7. The Hall–Kier alpha value is -2.39. The van der Waals surface area contributed by atoms with Gasteiger partial charge in [-0.05, 0) is 63.8 Å². The van der Waals surface area contributed by atoms with Gasteiger partial charge in [-0.3, -0.25) is 0 Å². The van der Waals surface area contributed by atoms with Crippen LogP contribution in [0.1, 0.15) is 76.3 Å². The fraction of sp³-hybridized carbons (Fsp3) is 0.173. The van der Waals surface area contributed by atoms with Crippen LogP contribution in [-0.2, 0) is 35.2 Å². The Morgan fingerprint density at radius 2 is 0.643 bits per heavy atom. The molecule has 0 bridgehead atoms. The summed E-state index contributed by atoms with van der Waals surface area (Å²) in [5.41, 5.74) is 7.67. The minimum absolute atomic E-state index is 0. The molecule has 0 N–H and O–H groups in total. The van der Waals surface area contributed by atoms with Crippen molar-refractivity contribution in [3.63, 3.8) is 0 Å². The molecule has 10 radical (unpaired) electrons. The van der Waals surface area contributed by atoms with Gasteiger partial charge in [0.2, 0.25) is 0 Å². The molecule has 56 heavy (non-hydrogen) atoms. The van der Waals surface area contributed by atoms with Crippen molar-refractivity contribution in [3.05, 3.63) is 259 Å². The average molecular weight is 908 g/mol. The van der Waals surface area contributed by atoms with Crippen LogP contribution in [0, 0.1) is 67.9 Å². The molecule has 5 aromatic carbocycles. The van der Waals surface area contributed by atoms with Crippen molar-refractivity contribution in [3.8, 4) is 0 Å². The van der Waals surface area contributed by atoms with Crippen LogP contribution >= 0.6 is 17.5 Å². The standard InChI is InChI=1S/C35H25.C13H22P.C4H7.ClH.Fe.Pd/c1-6-16-26(17-7-1)31-32(27-18-8-2-9-19-27)34(29-22-12-4-13-23-29)35(30-24-14-5-15-25-30)33(31)28-20-10-3-11-21-28;1-12(2,3)14(13(4,5)6)11-9-7-8-10-11;1-3-4-2;;;/h1-25H;7-10H,1-6H3;3-4H,1H2,2H3;1H;;/q;;-1;;;+2/p-1/b;;4-3+;;;. The van der Waals surface area contributed by atoms with E-state index in [2.05, 4.69) is 254 Å². The topological polar surface area (TPSA) is 0 Å². The molecule has 0 unspecified atom stereocenters. The Morgan fingerprint density at radius 3 is 0.804 bits per heavy atom. The van der Waals surface area contributed by atoms with E-state index in [-0.39, 0.29) is 25.0 Å². The molecule has 2 aliphatic rings. The number of benzene rings is 5. The molecule has 0 saturated heterocycles. The first-order valence-corrected chi connectivity index (χ1v) is 22.1. The second kappa shape index (κ2) is 23.9. The van der Waals surface area contributed by atoms with Crippen molar-refractivity contribution in [2.45, 2.75) is 58.8 Å². The van der Waals surface area contributed by atoms with Crippen LogP contribution < -0.4 is 0 Å². The van der Waals surface area contributed by atoms with E-state index in [1.54, 1.807) is 11.7 Å². The summed E-state index contributed by atoms with van der Waals surface area (Å²) in [4.78, 5) is 0. The van der Waals surface area contributed by atoms with E-state index in [0.29, 0.717) is 10.3 Å². The van der Waals surface area contributed by atoms with Gasteiger partial charge < -0.3 is 0 Å². The van der Waals surface area contributed by atoms with Crippen molar-refractivity contribution in [2.75, 3.05) is 0 Å². The summed E-state index contributed by atoms with van der Waals surface area (Å²) in [6.07, 6.45) is 12.5. The average Bonchev–Trinajstić information content (AvgIpc) is 3.86. The van der Waals surface area contributed by atoms with Crippen molar-refractivity contribution in [1.29, 1.82) is 0 Å². The zero-order valence-corrected chi connectivity index (χ0v) is 37.9. The van der Waals surface area contributed by atoms with Crippen LogP contribution in [0.3, 0.4) is 0 Å². The van der Waals surface area contributed by atoms with Crippen LogP contribution in [0.25, 0.3) is 0 Å². The molecule has 7 rings (SSSR count). The van der Waals surface area contributed by atoms with Gasteiger partial charge in [-0.25, -0.2) is 19.1 Å². The Balaban J connectivity index is 0.000000336. The van der Waals surface area contributed by atoms with Gasteiger partial charge in [0.1, 0.15) is 0 Å². The summed E-state index contributed by atoms with van der Waals surface area (Å²) in [5.74, 6) is 6.39. The minimum atomic E-state index is -0.101. The molecule has 5 aromatic rings. The summed E-state index contributed by atoms with van der Waals surface area (Å²) in [7, 11) is 4.39. The third kappa shape index (κ3) is 12.8. The minimum Gasteiger partial charge on any atom is -0.0622 e. The maximum Gasteiger partial charge on any atom is 0.0299 e. The molecule has 4 heteroatoms. The van der Waals surface area contributed by atoms with E-state index in [9.17, 15) is 0 Å². The molecule has 0 spiro atoms. The Morgan fingerprint density at radius 1 is 0.446 bits per heavy atom. The predicted octanol–water partition coefficient (Wildman–Crippen LogP) is 14.6. The summed E-state index contributed by atoms with van der Waals surface area (Å²) in [6, 6.07) is 54.1. The maximum atomic E-state index is 4.49. The number of rotatable bonds is 6. The first kappa shape index (κ1) is 48.0. The predicted molar refractivity (Wildman–Crippen MR) is 237 cm³/mol. The molecule has 0 aromatic heterocycles. The van der Waals surface area contributed by atoms with E-state index in [0.717, 1.165) is 0 Å². The second-order valence-electron chi connectivity index (χ2n) is 15.1. The van der Waals surface area contributed by atoms with Crippen molar-refractivity contribution >= 4 is 17.5 Å². The summed E-state index contributed by atoms with van der Waals surface area (Å²) in [6.45, 7) is 19.5. The fourth-order valence-electron chi connectivity index (χ4n) is 7.39. The SMILES string of the molecule is CC(C)(C)P([C]1[CH][CH][CH][CH]1)C(C)(C)C.[CH2-]/C=C/C.[Cl][Pd+].[Fe].c1ccc([C]2[C](c3ccccc3)[C](c3ccccc3)[C](c3ccccc3)[C]2c2ccccc2)cc1. The van der Waals surface area contributed by atoms with E-state index in [4.69, 9.17) is 0 Å². The Labute approximate surface area is 368 Å². The zero-order chi connectivity index (χ0) is 39.8. The number of allylic oxidation sites excluding steroid dienone is 2. The quantitative estimate of drug-likeness (QED) is 0.0905. The van der Waals surface area contributed by atoms with E-state index in [1.165, 1.54) is 57.4 Å². The molecule has 2 saturated carbocycles. The van der Waals surface area contributed by atoms with Gasteiger partial charge in [0.05, 0.1) is 0 Å². The van der Waals surface area contributed by atoms with Crippen LogP contribution in [0.2, 0.25) is 0 Å². The van der Waals surface area contributed by atoms with Crippen LogP contribution in [0.5, 0.6) is 0 Å². The van der Waals surface area contributed by atoms with Crippen LogP contribution in [0.4, 0.5) is 0 Å². The molecule has 2 aliphatic carbocycles. The molecule has 0 atom stereocenters. The molecule has 0 heterocycles. The van der Waals surface area contributed by atoms with E-state index >= 15 is 0 Å². The van der Waals surface area contributed by atoms with Gasteiger partial charge in [-0.15, -0.1) is 6.92 Å². The largest absolute Gasteiger partial charge is 0.0622 e. The van der Waals surface area contributed by atoms with Gasteiger partial charge in [0, 0.05) is 52.3 Å². The molecule has 0 aliphatic heterocycles. The van der Waals surface area contributed by atoms with Gasteiger partial charge in [-0.2, -0.15) is 0 Å². The molecule has 0 nitrogen and oxygen atoms in total. The smallest absolute Gasteiger partial charge is 0.0299 e. The first-order chi connectivity index (χ1) is 26.6. The molecular formula is C52H54ClFePPd. The van der Waals surface area contributed by atoms with Crippen LogP contribution in [-0.4, -0.2) is 10.3 Å². The number of hydrogen-bond acceptors (Lipinski definition) is 0. The molecule has 0 amide bonds. The second-order valence-corrected chi connectivity index (χ2v) is 19.0. The Bertz CT molecular complexity index is 1500. The van der Waals surface area contributed by atoms with E-state index in [1.807, 2.05) is 13.0 Å². The zero-order valence-electron chi connectivity index (χ0n) is 33.6. The summed E-state index contributed by atoms with van der Waals surface area (Å²) in [5, 5.41) is 0.782. The molecule has 2 fully saturated rings. The maximum absolute atomic E-state index is 4.49. The Kier molecular flexibility index (Phi) is 20.5. The summed E-state index contributed by atoms with van der Waals surface area (Å²) < 4.78 is 0. The third-order valence-electron chi connectivity index (χ3n) is 9.04. The monoisotopic (exact) mass is 906 g/mol. The van der Waals surface area contributed by atoms with Gasteiger partial charge >= 0.3 is 27.7 Å². The van der Waals surface area contributed by atoms with Crippen molar-refractivity contribution in [2.24, 2.45) is 0 Å². The molecular weight excluding hydrogens is 853 g/mol. The van der Waals surface area contributed by atoms with Crippen LogP contribution in [0.15, 0.2) is 164 Å². The fourth-order valence-corrected chi connectivity index (χ4v) is 11.4. The van der Waals surface area contributed by atoms with Gasteiger partial charge in [-0.1, -0.05) is 201 Å². The third-order valence-corrected chi connectivity index (χ3v) is 12.5. The van der Waals surface area contributed by atoms with Crippen molar-refractivity contribution < 1.29 is 35.2 Å². The van der Waals surface area contributed by atoms with Gasteiger partial charge in [0.15, 0.2) is 0 Å². The summed E-state index contributed by atoms with van der Waals surface area (Å²) >= 11 is 2.22. The molecule has 292 valence electrons. The van der Waals surface area contributed by atoms with Gasteiger partial charge in [0.25, 0.3) is 0 Å². The number of hydrogen-bond donors (Lipinski definition) is 0. The number of halogens is 1. The van der Waals surface area contributed by atoms with Crippen molar-refractivity contribution in [1.82, 2.24) is 0 Å². The normalized spacial score (nSPS) is 16.0.